The first-order valence-electron chi connectivity index (χ1n) is 8.96. The van der Waals surface area contributed by atoms with Crippen molar-refractivity contribution in [1.82, 2.24) is 9.66 Å². The maximum absolute atomic E-state index is 11.0. The van der Waals surface area contributed by atoms with E-state index >= 15 is 0 Å². The number of benzene rings is 2. The number of imidazole rings is 1. The van der Waals surface area contributed by atoms with Gasteiger partial charge in [0, 0.05) is 29.7 Å². The summed E-state index contributed by atoms with van der Waals surface area (Å²) in [6.07, 6.45) is 3.34. The first kappa shape index (κ1) is 16.5. The summed E-state index contributed by atoms with van der Waals surface area (Å²) in [4.78, 5) is 15.3. The summed E-state index contributed by atoms with van der Waals surface area (Å²) in [7, 11) is 0. The van der Waals surface area contributed by atoms with Crippen molar-refractivity contribution in [3.8, 4) is 11.5 Å². The van der Waals surface area contributed by atoms with Crippen LogP contribution >= 0.6 is 0 Å². The van der Waals surface area contributed by atoms with Gasteiger partial charge in [-0.15, -0.1) is 0 Å². The first-order chi connectivity index (χ1) is 13.6. The molecule has 0 fully saturated rings. The van der Waals surface area contributed by atoms with Gasteiger partial charge in [0.05, 0.1) is 22.5 Å². The van der Waals surface area contributed by atoms with Gasteiger partial charge in [0.2, 0.25) is 6.79 Å². The highest BCUT2D eigenvalue weighted by molar-refractivity contribution is 6.14. The molecule has 5 rings (SSSR count). The third-order valence-electron chi connectivity index (χ3n) is 4.93. The van der Waals surface area contributed by atoms with E-state index in [0.29, 0.717) is 23.6 Å². The molecule has 0 aliphatic carbocycles. The molecule has 3 aromatic rings. The van der Waals surface area contributed by atoms with Gasteiger partial charge in [-0.25, -0.2) is 9.66 Å². The number of fused-ring (bicyclic) bond motifs is 3. The van der Waals surface area contributed by atoms with Crippen LogP contribution in [0.15, 0.2) is 47.7 Å². The molecule has 0 radical (unpaired) electrons. The maximum atomic E-state index is 11.0. The molecule has 0 saturated heterocycles. The number of aryl methyl sites for hydroxylation is 1. The van der Waals surface area contributed by atoms with Gasteiger partial charge in [0.25, 0.3) is 5.69 Å². The van der Waals surface area contributed by atoms with Crippen molar-refractivity contribution in [2.45, 2.75) is 19.8 Å². The molecule has 2 aliphatic heterocycles. The Kier molecular flexibility index (Phi) is 3.65. The van der Waals surface area contributed by atoms with E-state index in [1.807, 2.05) is 18.3 Å². The fraction of sp³-hybridized carbons (Fsp3) is 0.200. The summed E-state index contributed by atoms with van der Waals surface area (Å²) in [6, 6.07) is 10.3. The summed E-state index contributed by atoms with van der Waals surface area (Å²) < 4.78 is 12.9. The average Bonchev–Trinajstić information content (AvgIpc) is 3.28. The van der Waals surface area contributed by atoms with Crippen LogP contribution in [-0.4, -0.2) is 27.1 Å². The Morgan fingerprint density at radius 3 is 2.64 bits per heavy atom. The van der Waals surface area contributed by atoms with Gasteiger partial charge >= 0.3 is 0 Å². The van der Waals surface area contributed by atoms with Crippen LogP contribution in [0.3, 0.4) is 0 Å². The molecule has 2 aromatic carbocycles. The molecular formula is C20H16N4O4. The van der Waals surface area contributed by atoms with Gasteiger partial charge in [-0.05, 0) is 36.2 Å². The number of nitro groups is 1. The van der Waals surface area contributed by atoms with Crippen LogP contribution in [0.4, 0.5) is 5.69 Å². The molecule has 0 saturated carbocycles. The molecule has 28 heavy (non-hydrogen) atoms. The topological polar surface area (TPSA) is 91.8 Å². The van der Waals surface area contributed by atoms with Crippen LogP contribution in [0.2, 0.25) is 0 Å². The van der Waals surface area contributed by atoms with Crippen LogP contribution in [0.25, 0.3) is 0 Å². The van der Waals surface area contributed by atoms with E-state index in [0.717, 1.165) is 34.6 Å². The molecule has 0 atom stereocenters. The van der Waals surface area contributed by atoms with Crippen molar-refractivity contribution >= 4 is 11.4 Å². The van der Waals surface area contributed by atoms with Crippen LogP contribution < -0.4 is 9.47 Å². The summed E-state index contributed by atoms with van der Waals surface area (Å²) in [5.74, 6) is 2.22. The average molecular weight is 376 g/mol. The Morgan fingerprint density at radius 2 is 1.93 bits per heavy atom. The zero-order chi connectivity index (χ0) is 19.3. The number of nitro benzene ring substituents is 1. The zero-order valence-electron chi connectivity index (χ0n) is 15.1. The first-order valence-corrected chi connectivity index (χ1v) is 8.96. The van der Waals surface area contributed by atoms with Crippen molar-refractivity contribution in [1.29, 1.82) is 0 Å². The molecule has 0 spiro atoms. The van der Waals surface area contributed by atoms with Crippen molar-refractivity contribution < 1.29 is 14.4 Å². The minimum absolute atomic E-state index is 0.0421. The molecule has 3 heterocycles. The lowest BCUT2D eigenvalue weighted by Crippen LogP contribution is -2.07. The van der Waals surface area contributed by atoms with E-state index in [-0.39, 0.29) is 12.5 Å². The van der Waals surface area contributed by atoms with Gasteiger partial charge in [0.1, 0.15) is 5.82 Å². The molecular weight excluding hydrogens is 360 g/mol. The second-order valence-corrected chi connectivity index (χ2v) is 6.64. The summed E-state index contributed by atoms with van der Waals surface area (Å²) in [5, 5.41) is 15.8. The number of ether oxygens (including phenoxy) is 2. The lowest BCUT2D eigenvalue weighted by molar-refractivity contribution is -0.384. The predicted molar refractivity (Wildman–Crippen MR) is 101 cm³/mol. The molecule has 8 heteroatoms. The largest absolute Gasteiger partial charge is 0.454 e. The molecule has 8 nitrogen and oxygen atoms in total. The maximum Gasteiger partial charge on any atom is 0.269 e. The summed E-state index contributed by atoms with van der Waals surface area (Å²) >= 11 is 0. The smallest absolute Gasteiger partial charge is 0.269 e. The second kappa shape index (κ2) is 6.19. The van der Waals surface area contributed by atoms with Crippen molar-refractivity contribution in [2.24, 2.45) is 5.10 Å². The number of hydrogen-bond acceptors (Lipinski definition) is 6. The van der Waals surface area contributed by atoms with Gasteiger partial charge in [-0.2, -0.15) is 5.10 Å². The Bertz CT molecular complexity index is 1130. The third kappa shape index (κ3) is 2.61. The Balaban J connectivity index is 1.71. The highest BCUT2D eigenvalue weighted by Crippen LogP contribution is 2.37. The van der Waals surface area contributed by atoms with E-state index in [9.17, 15) is 10.1 Å². The third-order valence-corrected chi connectivity index (χ3v) is 4.93. The molecule has 0 amide bonds. The molecule has 0 N–H and O–H groups in total. The fourth-order valence-corrected chi connectivity index (χ4v) is 3.48. The summed E-state index contributed by atoms with van der Waals surface area (Å²) in [5.41, 5.74) is 4.42. The monoisotopic (exact) mass is 376 g/mol. The normalized spacial score (nSPS) is 14.1. The highest BCUT2D eigenvalue weighted by atomic mass is 16.7. The highest BCUT2D eigenvalue weighted by Gasteiger charge is 2.25. The molecule has 0 unspecified atom stereocenters. The Morgan fingerprint density at radius 1 is 1.18 bits per heavy atom. The Hall–Kier alpha value is -3.68. The van der Waals surface area contributed by atoms with Crippen LogP contribution in [0.1, 0.15) is 35.1 Å². The van der Waals surface area contributed by atoms with E-state index in [1.54, 1.807) is 16.8 Å². The number of nitrogens with zero attached hydrogens (tertiary/aromatic N) is 4. The number of hydrogen-bond donors (Lipinski definition) is 0. The standard InChI is InChI=1S/C20H16N4O4/c1-2-14-10-23-19(21-14)8-13-7-17-18(28-11-27-17)9-16(13)20(22-23)12-3-5-15(6-4-12)24(25)26/h3-7,9-10H,2,8,11H2,1H3. The van der Waals surface area contributed by atoms with Crippen LogP contribution in [0.5, 0.6) is 11.5 Å². The lowest BCUT2D eigenvalue weighted by atomic mass is 9.95. The van der Waals surface area contributed by atoms with Gasteiger partial charge in [-0.3, -0.25) is 10.1 Å². The lowest BCUT2D eigenvalue weighted by Gasteiger charge is -2.10. The van der Waals surface area contributed by atoms with E-state index < -0.39 is 4.92 Å². The quantitative estimate of drug-likeness (QED) is 0.404. The number of rotatable bonds is 3. The van der Waals surface area contributed by atoms with Crippen LogP contribution in [-0.2, 0) is 12.8 Å². The SMILES string of the molecule is CCc1cn2c(n1)Cc1cc3c(cc1C(c1ccc([N+](=O)[O-])cc1)=N2)OCO3. The molecule has 1 aromatic heterocycles. The van der Waals surface area contributed by atoms with Crippen molar-refractivity contribution in [2.75, 3.05) is 6.79 Å². The fourth-order valence-electron chi connectivity index (χ4n) is 3.48. The van der Waals surface area contributed by atoms with E-state index in [1.165, 1.54) is 12.1 Å². The summed E-state index contributed by atoms with van der Waals surface area (Å²) in [6.45, 7) is 2.24. The molecule has 140 valence electrons. The zero-order valence-corrected chi connectivity index (χ0v) is 15.1. The van der Waals surface area contributed by atoms with E-state index in [4.69, 9.17) is 14.6 Å². The minimum Gasteiger partial charge on any atom is -0.454 e. The van der Waals surface area contributed by atoms with Crippen LogP contribution in [0, 0.1) is 10.1 Å². The van der Waals surface area contributed by atoms with Gasteiger partial charge in [-0.1, -0.05) is 6.92 Å². The Labute approximate surface area is 160 Å². The minimum atomic E-state index is -0.411. The number of non-ortho nitro benzene ring substituents is 1. The van der Waals surface area contributed by atoms with Gasteiger partial charge in [0.15, 0.2) is 11.5 Å². The number of aromatic nitrogens is 2. The van der Waals surface area contributed by atoms with Crippen molar-refractivity contribution in [3.63, 3.8) is 0 Å². The second-order valence-electron chi connectivity index (χ2n) is 6.64. The van der Waals surface area contributed by atoms with Gasteiger partial charge < -0.3 is 9.47 Å². The van der Waals surface area contributed by atoms with E-state index in [2.05, 4.69) is 11.9 Å². The predicted octanol–water partition coefficient (Wildman–Crippen LogP) is 3.29. The molecule has 2 aliphatic rings. The molecule has 0 bridgehead atoms. The van der Waals surface area contributed by atoms with Crippen molar-refractivity contribution in [3.05, 3.63) is 80.9 Å².